The van der Waals surface area contributed by atoms with E-state index in [4.69, 9.17) is 14.2 Å². The van der Waals surface area contributed by atoms with Gasteiger partial charge >= 0.3 is 0 Å². The minimum absolute atomic E-state index is 0.559. The van der Waals surface area contributed by atoms with E-state index >= 15 is 0 Å². The summed E-state index contributed by atoms with van der Waals surface area (Å²) >= 11 is 3.56. The number of hydrogen-bond donors (Lipinski definition) is 1. The predicted molar refractivity (Wildman–Crippen MR) is 93.3 cm³/mol. The Labute approximate surface area is 145 Å². The fourth-order valence-electron chi connectivity index (χ4n) is 2.02. The van der Waals surface area contributed by atoms with Gasteiger partial charge in [0.25, 0.3) is 0 Å². The van der Waals surface area contributed by atoms with E-state index in [1.54, 1.807) is 13.3 Å². The fraction of sp³-hybridized carbons (Fsp3) is 0.353. The van der Waals surface area contributed by atoms with Gasteiger partial charge in [-0.3, -0.25) is 0 Å². The first-order valence-corrected chi connectivity index (χ1v) is 8.27. The number of hydrogen-bond acceptors (Lipinski definition) is 5. The van der Waals surface area contributed by atoms with Gasteiger partial charge in [-0.05, 0) is 30.7 Å². The van der Waals surface area contributed by atoms with Crippen LogP contribution < -0.4 is 19.5 Å². The standard InChI is InChI=1S/C17H21BrN2O3/c1-3-22-16-10-13(14(18)11-15(16)21-2)12-19-8-9-23-17-6-4-5-7-20-17/h4-7,10-11,19H,3,8-9,12H2,1-2H3. The lowest BCUT2D eigenvalue weighted by Gasteiger charge is -2.13. The summed E-state index contributed by atoms with van der Waals surface area (Å²) in [6.07, 6.45) is 1.71. The molecule has 0 radical (unpaired) electrons. The van der Waals surface area contributed by atoms with Crippen molar-refractivity contribution >= 4 is 15.9 Å². The highest BCUT2D eigenvalue weighted by molar-refractivity contribution is 9.10. The summed E-state index contributed by atoms with van der Waals surface area (Å²) in [6.45, 7) is 4.54. The Hall–Kier alpha value is -1.79. The van der Waals surface area contributed by atoms with Crippen molar-refractivity contribution < 1.29 is 14.2 Å². The van der Waals surface area contributed by atoms with Crippen molar-refractivity contribution in [2.45, 2.75) is 13.5 Å². The van der Waals surface area contributed by atoms with Crippen LogP contribution in [0, 0.1) is 0 Å². The van der Waals surface area contributed by atoms with Crippen LogP contribution in [0.5, 0.6) is 17.4 Å². The first-order chi connectivity index (χ1) is 11.2. The molecule has 0 spiro atoms. The van der Waals surface area contributed by atoms with E-state index in [9.17, 15) is 0 Å². The lowest BCUT2D eigenvalue weighted by atomic mass is 10.2. The van der Waals surface area contributed by atoms with Crippen LogP contribution in [0.2, 0.25) is 0 Å². The summed E-state index contributed by atoms with van der Waals surface area (Å²) < 4.78 is 17.5. The molecule has 6 heteroatoms. The molecular formula is C17H21BrN2O3. The molecule has 0 atom stereocenters. The lowest BCUT2D eigenvalue weighted by Crippen LogP contribution is -2.21. The molecule has 0 aliphatic heterocycles. The van der Waals surface area contributed by atoms with Crippen molar-refractivity contribution in [3.63, 3.8) is 0 Å². The molecule has 5 nitrogen and oxygen atoms in total. The maximum atomic E-state index is 5.60. The van der Waals surface area contributed by atoms with Gasteiger partial charge in [-0.1, -0.05) is 22.0 Å². The Morgan fingerprint density at radius 2 is 2.04 bits per heavy atom. The van der Waals surface area contributed by atoms with Crippen LogP contribution in [0.4, 0.5) is 0 Å². The van der Waals surface area contributed by atoms with Crippen LogP contribution in [-0.2, 0) is 6.54 Å². The Kier molecular flexibility index (Phi) is 7.16. The molecule has 2 rings (SSSR count). The highest BCUT2D eigenvalue weighted by Crippen LogP contribution is 2.33. The molecule has 0 saturated heterocycles. The summed E-state index contributed by atoms with van der Waals surface area (Å²) in [6, 6.07) is 9.52. The summed E-state index contributed by atoms with van der Waals surface area (Å²) in [4.78, 5) is 4.11. The molecular weight excluding hydrogens is 360 g/mol. The molecule has 0 unspecified atom stereocenters. The zero-order valence-corrected chi connectivity index (χ0v) is 14.9. The molecule has 0 saturated carbocycles. The summed E-state index contributed by atoms with van der Waals surface area (Å²) in [5, 5.41) is 3.34. The third-order valence-corrected chi connectivity index (χ3v) is 3.85. The minimum atomic E-state index is 0.559. The average Bonchev–Trinajstić information content (AvgIpc) is 2.58. The van der Waals surface area contributed by atoms with Crippen molar-refractivity contribution in [1.82, 2.24) is 10.3 Å². The summed E-state index contributed by atoms with van der Waals surface area (Å²) in [5.74, 6) is 2.11. The van der Waals surface area contributed by atoms with E-state index < -0.39 is 0 Å². The first kappa shape index (κ1) is 17.6. The Balaban J connectivity index is 1.84. The van der Waals surface area contributed by atoms with Crippen LogP contribution in [0.3, 0.4) is 0 Å². The lowest BCUT2D eigenvalue weighted by molar-refractivity contribution is 0.301. The number of pyridine rings is 1. The third-order valence-electron chi connectivity index (χ3n) is 3.11. The molecule has 1 N–H and O–H groups in total. The molecule has 1 aromatic carbocycles. The highest BCUT2D eigenvalue weighted by Gasteiger charge is 2.09. The Morgan fingerprint density at radius 1 is 1.17 bits per heavy atom. The van der Waals surface area contributed by atoms with E-state index in [0.29, 0.717) is 25.6 Å². The summed E-state index contributed by atoms with van der Waals surface area (Å²) in [5.41, 5.74) is 1.10. The predicted octanol–water partition coefficient (Wildman–Crippen LogP) is 3.42. The SMILES string of the molecule is CCOc1cc(CNCCOc2ccccn2)c(Br)cc1OC. The van der Waals surface area contributed by atoms with Gasteiger partial charge in [0.2, 0.25) is 5.88 Å². The molecule has 23 heavy (non-hydrogen) atoms. The van der Waals surface area contributed by atoms with Crippen LogP contribution in [0.1, 0.15) is 12.5 Å². The number of nitrogens with one attached hydrogen (secondary N) is 1. The van der Waals surface area contributed by atoms with Crippen LogP contribution in [0.15, 0.2) is 41.0 Å². The van der Waals surface area contributed by atoms with Crippen molar-refractivity contribution in [3.05, 3.63) is 46.6 Å². The van der Waals surface area contributed by atoms with Crippen LogP contribution in [-0.4, -0.2) is 31.9 Å². The monoisotopic (exact) mass is 380 g/mol. The topological polar surface area (TPSA) is 52.6 Å². The zero-order chi connectivity index (χ0) is 16.5. The van der Waals surface area contributed by atoms with Gasteiger partial charge in [-0.2, -0.15) is 0 Å². The Bertz CT molecular complexity index is 608. The molecule has 1 aromatic heterocycles. The molecule has 124 valence electrons. The van der Waals surface area contributed by atoms with E-state index in [-0.39, 0.29) is 0 Å². The number of methoxy groups -OCH3 is 1. The van der Waals surface area contributed by atoms with Crippen molar-refractivity contribution in [3.8, 4) is 17.4 Å². The maximum Gasteiger partial charge on any atom is 0.213 e. The number of rotatable bonds is 9. The van der Waals surface area contributed by atoms with E-state index in [1.807, 2.05) is 37.3 Å². The Morgan fingerprint density at radius 3 is 2.74 bits per heavy atom. The molecule has 0 aliphatic carbocycles. The summed E-state index contributed by atoms with van der Waals surface area (Å²) in [7, 11) is 1.64. The van der Waals surface area contributed by atoms with Crippen molar-refractivity contribution in [2.75, 3.05) is 26.9 Å². The second-order valence-corrected chi connectivity index (χ2v) is 5.58. The molecule has 0 aliphatic rings. The van der Waals surface area contributed by atoms with Crippen LogP contribution in [0.25, 0.3) is 0 Å². The second-order valence-electron chi connectivity index (χ2n) is 4.72. The van der Waals surface area contributed by atoms with Gasteiger partial charge in [0.1, 0.15) is 6.61 Å². The maximum absolute atomic E-state index is 5.60. The van der Waals surface area contributed by atoms with Gasteiger partial charge in [0.05, 0.1) is 13.7 Å². The number of halogens is 1. The average molecular weight is 381 g/mol. The number of benzene rings is 1. The quantitative estimate of drug-likeness (QED) is 0.675. The molecule has 2 aromatic rings. The van der Waals surface area contributed by atoms with Gasteiger partial charge < -0.3 is 19.5 Å². The zero-order valence-electron chi connectivity index (χ0n) is 13.3. The van der Waals surface area contributed by atoms with Gasteiger partial charge in [0.15, 0.2) is 11.5 Å². The third kappa shape index (κ3) is 5.41. The van der Waals surface area contributed by atoms with Crippen LogP contribution >= 0.6 is 15.9 Å². The largest absolute Gasteiger partial charge is 0.493 e. The smallest absolute Gasteiger partial charge is 0.213 e. The van der Waals surface area contributed by atoms with E-state index in [0.717, 1.165) is 28.1 Å². The molecule has 0 amide bonds. The first-order valence-electron chi connectivity index (χ1n) is 7.48. The van der Waals surface area contributed by atoms with E-state index in [2.05, 4.69) is 26.2 Å². The fourth-order valence-corrected chi connectivity index (χ4v) is 2.49. The van der Waals surface area contributed by atoms with Crippen molar-refractivity contribution in [2.24, 2.45) is 0 Å². The second kappa shape index (κ2) is 9.37. The van der Waals surface area contributed by atoms with Gasteiger partial charge in [-0.25, -0.2) is 4.98 Å². The van der Waals surface area contributed by atoms with E-state index in [1.165, 1.54) is 0 Å². The molecule has 0 bridgehead atoms. The minimum Gasteiger partial charge on any atom is -0.493 e. The highest BCUT2D eigenvalue weighted by atomic mass is 79.9. The van der Waals surface area contributed by atoms with Crippen molar-refractivity contribution in [1.29, 1.82) is 0 Å². The van der Waals surface area contributed by atoms with Gasteiger partial charge in [-0.15, -0.1) is 0 Å². The number of ether oxygens (including phenoxy) is 3. The van der Waals surface area contributed by atoms with Gasteiger partial charge in [0, 0.05) is 29.8 Å². The number of aromatic nitrogens is 1. The normalized spacial score (nSPS) is 10.4. The molecule has 1 heterocycles. The molecule has 0 fully saturated rings. The number of nitrogens with zero attached hydrogens (tertiary/aromatic N) is 1.